The zero-order chi connectivity index (χ0) is 9.80. The summed E-state index contributed by atoms with van der Waals surface area (Å²) in [6.45, 7) is 0.280. The molecule has 2 aromatic rings. The Morgan fingerprint density at radius 2 is 2.07 bits per heavy atom. The minimum Gasteiger partial charge on any atom is -0.396 e. The second-order valence-corrected chi connectivity index (χ2v) is 4.11. The third-order valence-corrected chi connectivity index (χ3v) is 3.14. The van der Waals surface area contributed by atoms with E-state index < -0.39 is 0 Å². The molecule has 14 heavy (non-hydrogen) atoms. The Morgan fingerprint density at radius 1 is 1.21 bits per heavy atom. The Hall–Kier alpha value is -0.930. The van der Waals surface area contributed by atoms with Crippen LogP contribution in [-0.2, 0) is 6.42 Å². The van der Waals surface area contributed by atoms with Gasteiger partial charge in [-0.15, -0.1) is 0 Å². The molecule has 0 radical (unpaired) electrons. The molecule has 1 N–H and O–H groups in total. The Balaban J connectivity index is 2.17. The number of unbranched alkanes of at least 4 members (excludes halogenated alkanes) is 1. The molecule has 3 heteroatoms. The number of aliphatic hydroxyl groups excluding tert-OH is 1. The van der Waals surface area contributed by atoms with Crippen molar-refractivity contribution in [1.29, 1.82) is 0 Å². The van der Waals surface area contributed by atoms with Gasteiger partial charge in [0.05, 0.1) is 10.4 Å². The van der Waals surface area contributed by atoms with Gasteiger partial charge in [0.2, 0.25) is 0 Å². The molecular formula is C11H13NOS. The monoisotopic (exact) mass is 207 g/mol. The number of hydrogen-bond acceptors (Lipinski definition) is 3. The quantitative estimate of drug-likeness (QED) is 0.782. The summed E-state index contributed by atoms with van der Waals surface area (Å²) in [6.07, 6.45) is 2.86. The van der Waals surface area contributed by atoms with Crippen molar-refractivity contribution in [2.24, 2.45) is 0 Å². The maximum Gasteiger partial charge on any atom is 0.0620 e. The van der Waals surface area contributed by atoms with Crippen LogP contribution in [0.4, 0.5) is 0 Å². The molecule has 0 saturated heterocycles. The third-order valence-electron chi connectivity index (χ3n) is 2.27. The van der Waals surface area contributed by atoms with Crippen molar-refractivity contribution in [3.63, 3.8) is 0 Å². The molecule has 1 aromatic carbocycles. The Labute approximate surface area is 87.4 Å². The van der Waals surface area contributed by atoms with Crippen molar-refractivity contribution >= 4 is 21.6 Å². The van der Waals surface area contributed by atoms with E-state index in [0.29, 0.717) is 0 Å². The molecule has 1 aromatic heterocycles. The van der Waals surface area contributed by atoms with Crippen LogP contribution in [0.2, 0.25) is 0 Å². The molecule has 0 unspecified atom stereocenters. The molecule has 2 nitrogen and oxygen atoms in total. The molecule has 0 aliphatic rings. The van der Waals surface area contributed by atoms with Crippen molar-refractivity contribution in [2.75, 3.05) is 6.61 Å². The molecule has 0 spiro atoms. The van der Waals surface area contributed by atoms with E-state index in [9.17, 15) is 0 Å². The molecular weight excluding hydrogens is 194 g/mol. The molecule has 0 saturated carbocycles. The normalized spacial score (nSPS) is 10.9. The van der Waals surface area contributed by atoms with Crippen LogP contribution >= 0.6 is 11.5 Å². The first-order chi connectivity index (χ1) is 6.92. The number of hydrogen-bond donors (Lipinski definition) is 1. The van der Waals surface area contributed by atoms with Crippen LogP contribution in [0.25, 0.3) is 10.1 Å². The van der Waals surface area contributed by atoms with E-state index in [-0.39, 0.29) is 6.61 Å². The summed E-state index contributed by atoms with van der Waals surface area (Å²) in [5.74, 6) is 0. The first-order valence-electron chi connectivity index (χ1n) is 4.86. The zero-order valence-corrected chi connectivity index (χ0v) is 8.76. The van der Waals surface area contributed by atoms with E-state index in [1.165, 1.54) is 15.8 Å². The molecule has 0 aliphatic heterocycles. The average Bonchev–Trinajstić information content (AvgIpc) is 2.63. The summed E-state index contributed by atoms with van der Waals surface area (Å²) in [5.41, 5.74) is 1.18. The molecule has 0 fully saturated rings. The van der Waals surface area contributed by atoms with Crippen LogP contribution in [0.3, 0.4) is 0 Å². The first-order valence-corrected chi connectivity index (χ1v) is 5.63. The van der Waals surface area contributed by atoms with E-state index in [4.69, 9.17) is 5.11 Å². The van der Waals surface area contributed by atoms with Gasteiger partial charge in [-0.25, -0.2) is 0 Å². The highest BCUT2D eigenvalue weighted by atomic mass is 32.1. The first kappa shape index (κ1) is 9.62. The van der Waals surface area contributed by atoms with Crippen LogP contribution in [0.1, 0.15) is 18.5 Å². The highest BCUT2D eigenvalue weighted by Gasteiger charge is 2.03. The smallest absolute Gasteiger partial charge is 0.0620 e. The lowest BCUT2D eigenvalue weighted by Gasteiger charge is -1.96. The van der Waals surface area contributed by atoms with Crippen molar-refractivity contribution in [2.45, 2.75) is 19.3 Å². The molecule has 0 bridgehead atoms. The van der Waals surface area contributed by atoms with Crippen LogP contribution < -0.4 is 0 Å². The Morgan fingerprint density at radius 3 is 2.93 bits per heavy atom. The summed E-state index contributed by atoms with van der Waals surface area (Å²) in [6, 6.07) is 8.31. The Kier molecular flexibility index (Phi) is 3.11. The van der Waals surface area contributed by atoms with Crippen molar-refractivity contribution in [3.05, 3.63) is 30.0 Å². The predicted octanol–water partition coefficient (Wildman–Crippen LogP) is 2.61. The number of rotatable bonds is 4. The maximum absolute atomic E-state index is 8.69. The highest BCUT2D eigenvalue weighted by Crippen LogP contribution is 2.23. The van der Waals surface area contributed by atoms with E-state index in [1.54, 1.807) is 11.5 Å². The molecule has 0 aliphatic carbocycles. The van der Waals surface area contributed by atoms with E-state index in [1.807, 2.05) is 12.1 Å². The van der Waals surface area contributed by atoms with Gasteiger partial charge in [-0.1, -0.05) is 18.2 Å². The summed E-state index contributed by atoms with van der Waals surface area (Å²) in [4.78, 5) is 0. The van der Waals surface area contributed by atoms with Gasteiger partial charge in [0.25, 0.3) is 0 Å². The molecule has 0 atom stereocenters. The van der Waals surface area contributed by atoms with Gasteiger partial charge in [0.15, 0.2) is 0 Å². The van der Waals surface area contributed by atoms with E-state index >= 15 is 0 Å². The number of aliphatic hydroxyl groups is 1. The topological polar surface area (TPSA) is 33.1 Å². The van der Waals surface area contributed by atoms with E-state index in [0.717, 1.165) is 19.3 Å². The summed E-state index contributed by atoms with van der Waals surface area (Å²) in [5, 5.41) is 9.96. The second kappa shape index (κ2) is 4.53. The maximum atomic E-state index is 8.69. The standard InChI is InChI=1S/C11H13NOS/c13-8-4-3-6-10-9-5-1-2-7-11(9)14-12-10/h1-2,5,7,13H,3-4,6,8H2. The summed E-state index contributed by atoms with van der Waals surface area (Å²) in [7, 11) is 0. The van der Waals surface area contributed by atoms with Gasteiger partial charge < -0.3 is 5.11 Å². The van der Waals surface area contributed by atoms with Crippen LogP contribution in [-0.4, -0.2) is 16.1 Å². The SMILES string of the molecule is OCCCCc1nsc2ccccc12. The minimum atomic E-state index is 0.280. The number of aromatic nitrogens is 1. The van der Waals surface area contributed by atoms with Crippen LogP contribution in [0, 0.1) is 0 Å². The largest absolute Gasteiger partial charge is 0.396 e. The van der Waals surface area contributed by atoms with Gasteiger partial charge in [0.1, 0.15) is 0 Å². The number of fused-ring (bicyclic) bond motifs is 1. The number of nitrogens with zero attached hydrogens (tertiary/aromatic N) is 1. The third kappa shape index (κ3) is 1.94. The fraction of sp³-hybridized carbons (Fsp3) is 0.364. The fourth-order valence-electron chi connectivity index (χ4n) is 1.52. The van der Waals surface area contributed by atoms with Crippen LogP contribution in [0.5, 0.6) is 0 Å². The van der Waals surface area contributed by atoms with Gasteiger partial charge in [-0.05, 0) is 36.9 Å². The minimum absolute atomic E-state index is 0.280. The van der Waals surface area contributed by atoms with E-state index in [2.05, 4.69) is 16.5 Å². The zero-order valence-electron chi connectivity index (χ0n) is 7.94. The van der Waals surface area contributed by atoms with Crippen LogP contribution in [0.15, 0.2) is 24.3 Å². The number of aryl methyl sites for hydroxylation is 1. The molecule has 2 rings (SSSR count). The van der Waals surface area contributed by atoms with Gasteiger partial charge in [0, 0.05) is 12.0 Å². The second-order valence-electron chi connectivity index (χ2n) is 3.31. The average molecular weight is 207 g/mol. The van der Waals surface area contributed by atoms with Crippen molar-refractivity contribution in [1.82, 2.24) is 4.37 Å². The summed E-state index contributed by atoms with van der Waals surface area (Å²) >= 11 is 1.56. The molecule has 0 amide bonds. The van der Waals surface area contributed by atoms with Gasteiger partial charge >= 0.3 is 0 Å². The van der Waals surface area contributed by atoms with Gasteiger partial charge in [-0.2, -0.15) is 4.37 Å². The Bertz CT molecular complexity index is 410. The lowest BCUT2D eigenvalue weighted by Crippen LogP contribution is -1.88. The van der Waals surface area contributed by atoms with Gasteiger partial charge in [-0.3, -0.25) is 0 Å². The molecule has 1 heterocycles. The lowest BCUT2D eigenvalue weighted by atomic mass is 10.1. The molecule has 74 valence electrons. The van der Waals surface area contributed by atoms with Crippen molar-refractivity contribution in [3.8, 4) is 0 Å². The number of benzene rings is 1. The highest BCUT2D eigenvalue weighted by molar-refractivity contribution is 7.13. The predicted molar refractivity (Wildman–Crippen MR) is 59.6 cm³/mol. The lowest BCUT2D eigenvalue weighted by molar-refractivity contribution is 0.284. The van der Waals surface area contributed by atoms with Crippen molar-refractivity contribution < 1.29 is 5.11 Å². The fourth-order valence-corrected chi connectivity index (χ4v) is 2.34. The summed E-state index contributed by atoms with van der Waals surface area (Å²) < 4.78 is 5.68.